The van der Waals surface area contributed by atoms with Crippen LogP contribution in [0.2, 0.25) is 0 Å². The van der Waals surface area contributed by atoms with Crippen molar-refractivity contribution in [1.29, 1.82) is 0 Å². The summed E-state index contributed by atoms with van der Waals surface area (Å²) in [7, 11) is 1.86. The minimum absolute atomic E-state index is 0.0625. The van der Waals surface area contributed by atoms with Crippen LogP contribution < -0.4 is 5.56 Å². The van der Waals surface area contributed by atoms with Gasteiger partial charge in [-0.25, -0.2) is 8.78 Å². The zero-order chi connectivity index (χ0) is 24.5. The van der Waals surface area contributed by atoms with Gasteiger partial charge in [0.25, 0.3) is 11.5 Å². The van der Waals surface area contributed by atoms with Gasteiger partial charge in [0.2, 0.25) is 0 Å². The molecule has 6 rings (SSSR count). The molecule has 1 aliphatic heterocycles. The van der Waals surface area contributed by atoms with Gasteiger partial charge in [-0.15, -0.1) is 0 Å². The van der Waals surface area contributed by atoms with Crippen molar-refractivity contribution < 1.29 is 8.78 Å². The average molecular weight is 480 g/mol. The molecular formula is C29H35F2N3O. The Morgan fingerprint density at radius 2 is 1.77 bits per heavy atom. The van der Waals surface area contributed by atoms with Gasteiger partial charge in [0.15, 0.2) is 0 Å². The summed E-state index contributed by atoms with van der Waals surface area (Å²) in [6.45, 7) is 4.37. The Bertz CT molecular complexity index is 1340. The summed E-state index contributed by atoms with van der Waals surface area (Å²) in [6, 6.07) is 7.15. The fourth-order valence-electron chi connectivity index (χ4n) is 6.91. The number of nitrogens with zero attached hydrogens (tertiary/aromatic N) is 2. The van der Waals surface area contributed by atoms with Crippen molar-refractivity contribution in [1.82, 2.24) is 14.5 Å². The largest absolute Gasteiger partial charge is 0.354 e. The summed E-state index contributed by atoms with van der Waals surface area (Å²) in [4.78, 5) is 18.4. The number of alkyl halides is 2. The predicted octanol–water partition coefficient (Wildman–Crippen LogP) is 6.12. The van der Waals surface area contributed by atoms with E-state index in [2.05, 4.69) is 37.0 Å². The Morgan fingerprint density at radius 1 is 1.06 bits per heavy atom. The lowest BCUT2D eigenvalue weighted by atomic mass is 9.80. The molecule has 0 bridgehead atoms. The van der Waals surface area contributed by atoms with Crippen LogP contribution in [-0.4, -0.2) is 39.5 Å². The van der Waals surface area contributed by atoms with Gasteiger partial charge in [0.05, 0.1) is 18.8 Å². The number of hydrogen-bond acceptors (Lipinski definition) is 2. The molecule has 2 fully saturated rings. The molecule has 0 spiro atoms. The zero-order valence-electron chi connectivity index (χ0n) is 21.0. The number of hydrogen-bond donors (Lipinski definition) is 1. The third-order valence-corrected chi connectivity index (χ3v) is 8.71. The average Bonchev–Trinajstić information content (AvgIpc) is 3.45. The smallest absolute Gasteiger partial charge is 0.272 e. The van der Waals surface area contributed by atoms with Gasteiger partial charge in [-0.1, -0.05) is 19.9 Å². The van der Waals surface area contributed by atoms with Gasteiger partial charge in [0.1, 0.15) is 0 Å². The summed E-state index contributed by atoms with van der Waals surface area (Å²) in [5, 5.41) is 1.28. The number of likely N-dealkylation sites (tertiary alicyclic amines) is 1. The van der Waals surface area contributed by atoms with Crippen molar-refractivity contribution in [3.05, 3.63) is 57.0 Å². The van der Waals surface area contributed by atoms with Gasteiger partial charge in [-0.2, -0.15) is 0 Å². The highest BCUT2D eigenvalue weighted by Gasteiger charge is 2.47. The number of rotatable bonds is 4. The Hall–Kier alpha value is -2.47. The standard InChI is InChI=1S/C29H35F2N3O/c1-17(2)26-23-13-19(18-7-10-20(11-8-18)34-15-29(30,31)16-34)9-12-25(23)32-27(26)24-14-33(3)28(35)22-6-4-5-21(22)24/h9,12-14,17-18,20,32H,4-8,10-11,15-16H2,1-3H3. The number of H-pyrrole nitrogens is 1. The van der Waals surface area contributed by atoms with Crippen molar-refractivity contribution in [2.24, 2.45) is 7.05 Å². The second kappa shape index (κ2) is 8.29. The van der Waals surface area contributed by atoms with Crippen LogP contribution in [0.15, 0.2) is 29.2 Å². The lowest BCUT2D eigenvalue weighted by molar-refractivity contribution is -0.150. The van der Waals surface area contributed by atoms with E-state index in [4.69, 9.17) is 0 Å². The van der Waals surface area contributed by atoms with E-state index in [-0.39, 0.29) is 18.6 Å². The normalized spacial score (nSPS) is 24.2. The van der Waals surface area contributed by atoms with Crippen molar-refractivity contribution in [2.45, 2.75) is 82.6 Å². The fourth-order valence-corrected chi connectivity index (χ4v) is 6.91. The minimum Gasteiger partial charge on any atom is -0.354 e. The van der Waals surface area contributed by atoms with Crippen molar-refractivity contribution in [2.75, 3.05) is 13.1 Å². The van der Waals surface area contributed by atoms with Crippen LogP contribution >= 0.6 is 0 Å². The molecule has 1 saturated heterocycles. The van der Waals surface area contributed by atoms with Gasteiger partial charge in [0, 0.05) is 41.3 Å². The van der Waals surface area contributed by atoms with Crippen LogP contribution in [-0.2, 0) is 19.9 Å². The monoisotopic (exact) mass is 479 g/mol. The van der Waals surface area contributed by atoms with Crippen LogP contribution in [0.25, 0.3) is 22.2 Å². The van der Waals surface area contributed by atoms with Crippen LogP contribution in [0.5, 0.6) is 0 Å². The van der Waals surface area contributed by atoms with Crippen molar-refractivity contribution >= 4 is 10.9 Å². The fraction of sp³-hybridized carbons (Fsp3) is 0.552. The van der Waals surface area contributed by atoms with Crippen LogP contribution in [0, 0.1) is 0 Å². The van der Waals surface area contributed by atoms with Crippen LogP contribution in [0.1, 0.15) is 80.0 Å². The molecule has 0 unspecified atom stereocenters. The first-order valence-corrected chi connectivity index (χ1v) is 13.2. The first-order valence-electron chi connectivity index (χ1n) is 13.2. The number of benzene rings is 1. The molecule has 1 aromatic carbocycles. The summed E-state index contributed by atoms with van der Waals surface area (Å²) in [6.07, 6.45) is 9.00. The van der Waals surface area contributed by atoms with Gasteiger partial charge >= 0.3 is 0 Å². The molecule has 2 aromatic heterocycles. The molecule has 0 atom stereocenters. The van der Waals surface area contributed by atoms with E-state index >= 15 is 0 Å². The molecule has 3 aliphatic rings. The van der Waals surface area contributed by atoms with E-state index in [1.165, 1.54) is 27.6 Å². The molecule has 186 valence electrons. The summed E-state index contributed by atoms with van der Waals surface area (Å²) < 4.78 is 28.4. The lowest BCUT2D eigenvalue weighted by Crippen LogP contribution is -2.60. The third-order valence-electron chi connectivity index (χ3n) is 8.71. The van der Waals surface area contributed by atoms with Gasteiger partial charge in [-0.05, 0) is 85.6 Å². The third kappa shape index (κ3) is 3.85. The topological polar surface area (TPSA) is 41.0 Å². The number of nitrogens with one attached hydrogen (secondary N) is 1. The number of halogens is 2. The molecule has 0 amide bonds. The Labute approximate surface area is 205 Å². The molecular weight excluding hydrogens is 444 g/mol. The SMILES string of the molecule is CC(C)c1c(-c2cn(C)c(=O)c3c2CCC3)[nH]c2ccc(C3CCC(N4CC(F)(F)C4)CC3)cc12. The van der Waals surface area contributed by atoms with Crippen molar-refractivity contribution in [3.63, 3.8) is 0 Å². The highest BCUT2D eigenvalue weighted by Crippen LogP contribution is 2.42. The molecule has 35 heavy (non-hydrogen) atoms. The number of pyridine rings is 1. The first-order chi connectivity index (χ1) is 16.7. The predicted molar refractivity (Wildman–Crippen MR) is 137 cm³/mol. The lowest BCUT2D eigenvalue weighted by Gasteiger charge is -2.46. The van der Waals surface area contributed by atoms with E-state index in [1.807, 2.05) is 18.1 Å². The summed E-state index contributed by atoms with van der Waals surface area (Å²) in [5.41, 5.74) is 8.51. The summed E-state index contributed by atoms with van der Waals surface area (Å²) in [5.74, 6) is -1.66. The highest BCUT2D eigenvalue weighted by molar-refractivity contribution is 5.92. The highest BCUT2D eigenvalue weighted by atomic mass is 19.3. The Kier molecular flexibility index (Phi) is 5.44. The molecule has 1 saturated carbocycles. The molecule has 6 heteroatoms. The summed E-state index contributed by atoms with van der Waals surface area (Å²) >= 11 is 0. The van der Waals surface area contributed by atoms with E-state index in [0.29, 0.717) is 17.9 Å². The van der Waals surface area contributed by atoms with Gasteiger partial charge in [-0.3, -0.25) is 9.69 Å². The molecule has 1 N–H and O–H groups in total. The molecule has 0 radical (unpaired) electrons. The Morgan fingerprint density at radius 3 is 2.46 bits per heavy atom. The number of aromatic nitrogens is 2. The molecule has 2 aliphatic carbocycles. The number of aryl methyl sites for hydroxylation is 1. The minimum atomic E-state index is -2.48. The first kappa shape index (κ1) is 23.0. The van der Waals surface area contributed by atoms with Crippen LogP contribution in [0.3, 0.4) is 0 Å². The van der Waals surface area contributed by atoms with Crippen molar-refractivity contribution in [3.8, 4) is 11.3 Å². The van der Waals surface area contributed by atoms with Crippen LogP contribution in [0.4, 0.5) is 8.78 Å². The van der Waals surface area contributed by atoms with E-state index < -0.39 is 5.92 Å². The van der Waals surface area contributed by atoms with E-state index in [0.717, 1.165) is 61.7 Å². The maximum atomic E-state index is 13.3. The maximum absolute atomic E-state index is 13.3. The second-order valence-electron chi connectivity index (χ2n) is 11.4. The molecule has 4 nitrogen and oxygen atoms in total. The maximum Gasteiger partial charge on any atom is 0.272 e. The van der Waals surface area contributed by atoms with Gasteiger partial charge < -0.3 is 9.55 Å². The quantitative estimate of drug-likeness (QED) is 0.490. The zero-order valence-corrected chi connectivity index (χ0v) is 21.0. The van der Waals surface area contributed by atoms with E-state index in [1.54, 1.807) is 4.57 Å². The molecule has 3 heterocycles. The number of fused-ring (bicyclic) bond motifs is 2. The van der Waals surface area contributed by atoms with E-state index in [9.17, 15) is 13.6 Å². The second-order valence-corrected chi connectivity index (χ2v) is 11.4. The Balaban J connectivity index is 1.33. The molecule has 3 aromatic rings. The number of aromatic amines is 1.